The van der Waals surface area contributed by atoms with Gasteiger partial charge in [0.25, 0.3) is 0 Å². The van der Waals surface area contributed by atoms with Crippen LogP contribution in [0.4, 0.5) is 0 Å². The Kier molecular flexibility index (Phi) is 10.0. The number of hydrogen-bond acceptors (Lipinski definition) is 3. The maximum atomic E-state index is 5.53. The van der Waals surface area contributed by atoms with Crippen LogP contribution in [0.3, 0.4) is 0 Å². The average molecular weight is 242 g/mol. The summed E-state index contributed by atoms with van der Waals surface area (Å²) in [6.45, 7) is 12.5. The summed E-state index contributed by atoms with van der Waals surface area (Å²) in [7, 11) is 0. The van der Waals surface area contributed by atoms with Gasteiger partial charge in [-0.2, -0.15) is 0 Å². The molecule has 3 nitrogen and oxygen atoms in total. The largest absolute Gasteiger partial charge is 0.505 e. The van der Waals surface area contributed by atoms with Gasteiger partial charge in [0, 0.05) is 12.0 Å². The van der Waals surface area contributed by atoms with Gasteiger partial charge in [0.15, 0.2) is 0 Å². The fraction of sp³-hybridized carbons (Fsp3) is 0.667. The normalized spacial score (nSPS) is 11.3. The molecule has 0 spiro atoms. The SMILES string of the molecule is C=CCOCC(CC)(C[O][AlH2])COCC=C. The second kappa shape index (κ2) is 10.1. The van der Waals surface area contributed by atoms with Crippen molar-refractivity contribution in [3.63, 3.8) is 0 Å². The zero-order valence-electron chi connectivity index (χ0n) is 10.5. The first kappa shape index (κ1) is 15.9. The predicted octanol–water partition coefficient (Wildman–Crippen LogP) is 1.35. The molecule has 0 bridgehead atoms. The highest BCUT2D eigenvalue weighted by Crippen LogP contribution is 2.23. The summed E-state index contributed by atoms with van der Waals surface area (Å²) < 4.78 is 16.5. The maximum absolute atomic E-state index is 5.53. The van der Waals surface area contributed by atoms with Crippen LogP contribution in [0.2, 0.25) is 0 Å². The lowest BCUT2D eigenvalue weighted by molar-refractivity contribution is -0.0352. The molecule has 0 saturated heterocycles. The second-order valence-electron chi connectivity index (χ2n) is 3.89. The van der Waals surface area contributed by atoms with E-state index in [0.717, 1.165) is 23.0 Å². The van der Waals surface area contributed by atoms with Crippen LogP contribution in [-0.2, 0) is 13.3 Å². The maximum Gasteiger partial charge on any atom is 0.410 e. The van der Waals surface area contributed by atoms with Gasteiger partial charge in [0.1, 0.15) is 0 Å². The van der Waals surface area contributed by atoms with Gasteiger partial charge >= 0.3 is 16.6 Å². The van der Waals surface area contributed by atoms with Gasteiger partial charge in [-0.3, -0.25) is 0 Å². The molecular formula is C12H23AlO3. The zero-order valence-corrected chi connectivity index (χ0v) is 12.5. The Hall–Kier alpha value is -0.108. The number of hydrogen-bond donors (Lipinski definition) is 0. The average Bonchev–Trinajstić information content (AvgIpc) is 2.29. The van der Waals surface area contributed by atoms with E-state index in [1.807, 2.05) is 0 Å². The third-order valence-corrected chi connectivity index (χ3v) is 2.78. The van der Waals surface area contributed by atoms with Crippen LogP contribution in [0.15, 0.2) is 25.3 Å². The van der Waals surface area contributed by atoms with Gasteiger partial charge in [0.2, 0.25) is 0 Å². The molecule has 0 radical (unpaired) electrons. The molecule has 0 saturated carbocycles. The second-order valence-corrected chi connectivity index (χ2v) is 4.47. The summed E-state index contributed by atoms with van der Waals surface area (Å²) in [6.07, 6.45) is 4.49. The summed E-state index contributed by atoms with van der Waals surface area (Å²) >= 11 is 0.742. The number of rotatable bonds is 11. The zero-order chi connectivity index (χ0) is 12.3. The molecule has 0 amide bonds. The Labute approximate surface area is 107 Å². The molecule has 0 aliphatic rings. The Balaban J connectivity index is 4.18. The minimum absolute atomic E-state index is 0.0340. The summed E-state index contributed by atoms with van der Waals surface area (Å²) in [4.78, 5) is 0. The van der Waals surface area contributed by atoms with E-state index in [1.54, 1.807) is 12.2 Å². The molecule has 92 valence electrons. The van der Waals surface area contributed by atoms with Crippen molar-refractivity contribution in [1.82, 2.24) is 0 Å². The molecule has 0 fully saturated rings. The van der Waals surface area contributed by atoms with Crippen molar-refractivity contribution in [1.29, 1.82) is 0 Å². The van der Waals surface area contributed by atoms with Gasteiger partial charge in [-0.25, -0.2) is 0 Å². The summed E-state index contributed by atoms with van der Waals surface area (Å²) in [5.74, 6) is 0. The van der Waals surface area contributed by atoms with Gasteiger partial charge < -0.3 is 13.3 Å². The topological polar surface area (TPSA) is 27.7 Å². The Bertz CT molecular complexity index is 181. The van der Waals surface area contributed by atoms with Crippen LogP contribution in [0, 0.1) is 5.41 Å². The van der Waals surface area contributed by atoms with Crippen molar-refractivity contribution < 1.29 is 13.3 Å². The van der Waals surface area contributed by atoms with Crippen molar-refractivity contribution >= 4 is 16.6 Å². The standard InChI is InChI=1S/C12H21O3.Al.2H/c1-4-7-14-10-12(6-3,9-13)11-15-8-5-2;;;/h4-5H,1-2,6-11H2,3H3;;;/q-1;+1;;. The highest BCUT2D eigenvalue weighted by molar-refractivity contribution is 5.97. The fourth-order valence-corrected chi connectivity index (χ4v) is 2.07. The van der Waals surface area contributed by atoms with E-state index in [0.29, 0.717) is 33.0 Å². The molecular weight excluding hydrogens is 219 g/mol. The molecule has 0 aliphatic carbocycles. The lowest BCUT2D eigenvalue weighted by atomic mass is 9.88. The fourth-order valence-electron chi connectivity index (χ4n) is 1.45. The van der Waals surface area contributed by atoms with Crippen molar-refractivity contribution in [2.45, 2.75) is 13.3 Å². The molecule has 0 aromatic rings. The van der Waals surface area contributed by atoms with Crippen LogP contribution in [0.25, 0.3) is 0 Å². The molecule has 0 aliphatic heterocycles. The third-order valence-electron chi connectivity index (χ3n) is 2.49. The van der Waals surface area contributed by atoms with Crippen molar-refractivity contribution in [2.24, 2.45) is 5.41 Å². The Morgan fingerprint density at radius 3 is 1.88 bits per heavy atom. The van der Waals surface area contributed by atoms with Crippen LogP contribution < -0.4 is 0 Å². The lowest BCUT2D eigenvalue weighted by Crippen LogP contribution is -2.36. The van der Waals surface area contributed by atoms with E-state index in [2.05, 4.69) is 20.1 Å². The molecule has 0 atom stereocenters. The molecule has 4 heteroatoms. The molecule has 0 aromatic carbocycles. The molecule has 0 aromatic heterocycles. The highest BCUT2D eigenvalue weighted by Gasteiger charge is 2.28. The van der Waals surface area contributed by atoms with E-state index in [-0.39, 0.29) is 5.41 Å². The van der Waals surface area contributed by atoms with E-state index in [4.69, 9.17) is 13.3 Å². The molecule has 0 heterocycles. The molecule has 16 heavy (non-hydrogen) atoms. The van der Waals surface area contributed by atoms with E-state index < -0.39 is 0 Å². The Morgan fingerprint density at radius 2 is 1.56 bits per heavy atom. The quantitative estimate of drug-likeness (QED) is 0.311. The minimum Gasteiger partial charge on any atom is -0.505 e. The van der Waals surface area contributed by atoms with Crippen LogP contribution in [0.1, 0.15) is 13.3 Å². The summed E-state index contributed by atoms with van der Waals surface area (Å²) in [5.41, 5.74) is -0.0340. The van der Waals surface area contributed by atoms with E-state index in [9.17, 15) is 0 Å². The molecule has 0 N–H and O–H groups in total. The lowest BCUT2D eigenvalue weighted by Gasteiger charge is -2.32. The van der Waals surface area contributed by atoms with Gasteiger partial charge in [-0.05, 0) is 6.42 Å². The number of ether oxygens (including phenoxy) is 2. The van der Waals surface area contributed by atoms with Crippen molar-refractivity contribution in [2.75, 3.05) is 33.0 Å². The Morgan fingerprint density at radius 1 is 1.06 bits per heavy atom. The van der Waals surface area contributed by atoms with E-state index in [1.165, 1.54) is 0 Å². The van der Waals surface area contributed by atoms with Crippen molar-refractivity contribution in [3.8, 4) is 0 Å². The van der Waals surface area contributed by atoms with Crippen LogP contribution in [0.5, 0.6) is 0 Å². The molecule has 0 unspecified atom stereocenters. The minimum atomic E-state index is -0.0340. The van der Waals surface area contributed by atoms with Crippen LogP contribution >= 0.6 is 0 Å². The van der Waals surface area contributed by atoms with Crippen molar-refractivity contribution in [3.05, 3.63) is 25.3 Å². The first-order chi connectivity index (χ1) is 7.74. The first-order valence-corrected chi connectivity index (χ1v) is 6.42. The summed E-state index contributed by atoms with van der Waals surface area (Å²) in [6, 6.07) is 0. The van der Waals surface area contributed by atoms with Gasteiger partial charge in [-0.15, -0.1) is 13.2 Å². The van der Waals surface area contributed by atoms with Gasteiger partial charge in [0.05, 0.1) is 26.4 Å². The smallest absolute Gasteiger partial charge is 0.410 e. The first-order valence-electron chi connectivity index (χ1n) is 5.61. The monoisotopic (exact) mass is 242 g/mol. The highest BCUT2D eigenvalue weighted by atomic mass is 27.1. The third kappa shape index (κ3) is 6.47. The van der Waals surface area contributed by atoms with Crippen LogP contribution in [-0.4, -0.2) is 49.7 Å². The summed E-state index contributed by atoms with van der Waals surface area (Å²) in [5, 5.41) is 0. The van der Waals surface area contributed by atoms with Gasteiger partial charge in [-0.1, -0.05) is 19.1 Å². The predicted molar refractivity (Wildman–Crippen MR) is 69.3 cm³/mol. The van der Waals surface area contributed by atoms with E-state index >= 15 is 0 Å². The molecule has 0 rings (SSSR count).